The second kappa shape index (κ2) is 7.53. The molecule has 1 unspecified atom stereocenters. The van der Waals surface area contributed by atoms with Gasteiger partial charge in [0.1, 0.15) is 0 Å². The van der Waals surface area contributed by atoms with Crippen molar-refractivity contribution in [3.05, 3.63) is 41.7 Å². The van der Waals surface area contributed by atoms with Gasteiger partial charge in [-0.15, -0.1) is 10.2 Å². The van der Waals surface area contributed by atoms with Gasteiger partial charge < -0.3 is 4.90 Å². The number of anilines is 1. The molecular weight excluding hydrogens is 338 g/mol. The molecule has 1 fully saturated rings. The standard InChI is InChI=1S/C17H25N5O2S/c1-14(20-25(2,23)24)16-18-19-17(21-11-7-4-8-12-21)22(16)13-15-9-5-3-6-10-15/h3,5-6,9-10,14,20H,4,7-8,11-13H2,1-2H3. The van der Waals surface area contributed by atoms with Crippen LogP contribution in [-0.2, 0) is 16.6 Å². The Hall–Kier alpha value is -1.93. The van der Waals surface area contributed by atoms with E-state index in [0.717, 1.165) is 43.7 Å². The van der Waals surface area contributed by atoms with E-state index in [1.807, 2.05) is 22.8 Å². The average Bonchev–Trinajstić information content (AvgIpc) is 2.99. The van der Waals surface area contributed by atoms with Crippen LogP contribution in [-0.4, -0.2) is 42.5 Å². The van der Waals surface area contributed by atoms with Crippen LogP contribution in [0, 0.1) is 0 Å². The first-order chi connectivity index (χ1) is 11.9. The van der Waals surface area contributed by atoms with Crippen LogP contribution in [0.25, 0.3) is 0 Å². The first kappa shape index (κ1) is 17.9. The molecule has 0 radical (unpaired) electrons. The monoisotopic (exact) mass is 363 g/mol. The largest absolute Gasteiger partial charge is 0.341 e. The molecule has 0 saturated carbocycles. The van der Waals surface area contributed by atoms with E-state index in [0.29, 0.717) is 12.4 Å². The third-order valence-electron chi connectivity index (χ3n) is 4.36. The molecule has 1 saturated heterocycles. The zero-order valence-corrected chi connectivity index (χ0v) is 15.5. The molecule has 2 aromatic rings. The lowest BCUT2D eigenvalue weighted by Gasteiger charge is -2.28. The molecule has 2 heterocycles. The third-order valence-corrected chi connectivity index (χ3v) is 5.14. The molecule has 25 heavy (non-hydrogen) atoms. The van der Waals surface area contributed by atoms with Crippen LogP contribution in [0.5, 0.6) is 0 Å². The molecule has 0 amide bonds. The summed E-state index contributed by atoms with van der Waals surface area (Å²) >= 11 is 0. The van der Waals surface area contributed by atoms with E-state index in [4.69, 9.17) is 0 Å². The third kappa shape index (κ3) is 4.58. The maximum absolute atomic E-state index is 11.6. The highest BCUT2D eigenvalue weighted by Gasteiger charge is 2.24. The van der Waals surface area contributed by atoms with Crippen LogP contribution in [0.3, 0.4) is 0 Å². The van der Waals surface area contributed by atoms with Gasteiger partial charge in [0, 0.05) is 13.1 Å². The molecule has 136 valence electrons. The Balaban J connectivity index is 1.95. The highest BCUT2D eigenvalue weighted by molar-refractivity contribution is 7.88. The molecule has 1 aromatic carbocycles. The molecule has 0 aliphatic carbocycles. The number of hydrogen-bond acceptors (Lipinski definition) is 5. The van der Waals surface area contributed by atoms with Gasteiger partial charge in [-0.2, -0.15) is 0 Å². The summed E-state index contributed by atoms with van der Waals surface area (Å²) in [6.45, 7) is 4.33. The van der Waals surface area contributed by atoms with Gasteiger partial charge in [-0.25, -0.2) is 13.1 Å². The fourth-order valence-electron chi connectivity index (χ4n) is 3.25. The molecule has 0 bridgehead atoms. The van der Waals surface area contributed by atoms with Crippen molar-refractivity contribution in [3.63, 3.8) is 0 Å². The van der Waals surface area contributed by atoms with Gasteiger partial charge in [0.05, 0.1) is 18.8 Å². The first-order valence-corrected chi connectivity index (χ1v) is 10.5. The van der Waals surface area contributed by atoms with Crippen LogP contribution in [0.2, 0.25) is 0 Å². The summed E-state index contributed by atoms with van der Waals surface area (Å²) in [7, 11) is -3.32. The zero-order chi connectivity index (χ0) is 17.9. The number of rotatable bonds is 6. The maximum Gasteiger partial charge on any atom is 0.227 e. The van der Waals surface area contributed by atoms with Crippen molar-refractivity contribution in [1.82, 2.24) is 19.5 Å². The number of benzene rings is 1. The summed E-state index contributed by atoms with van der Waals surface area (Å²) < 4.78 is 27.9. The Morgan fingerprint density at radius 2 is 1.80 bits per heavy atom. The van der Waals surface area contributed by atoms with Gasteiger partial charge >= 0.3 is 0 Å². The van der Waals surface area contributed by atoms with E-state index < -0.39 is 16.1 Å². The lowest BCUT2D eigenvalue weighted by atomic mass is 10.1. The van der Waals surface area contributed by atoms with Crippen molar-refractivity contribution >= 4 is 16.0 Å². The molecule has 1 aliphatic heterocycles. The van der Waals surface area contributed by atoms with Crippen LogP contribution in [0.1, 0.15) is 43.6 Å². The Morgan fingerprint density at radius 3 is 2.44 bits per heavy atom. The second-order valence-corrected chi connectivity index (χ2v) is 8.37. The number of hydrogen-bond donors (Lipinski definition) is 1. The molecule has 1 N–H and O–H groups in total. The molecule has 1 aromatic heterocycles. The minimum atomic E-state index is -3.32. The van der Waals surface area contributed by atoms with E-state index in [-0.39, 0.29) is 0 Å². The smallest absolute Gasteiger partial charge is 0.227 e. The molecule has 7 nitrogen and oxygen atoms in total. The van der Waals surface area contributed by atoms with Gasteiger partial charge in [0.2, 0.25) is 16.0 Å². The van der Waals surface area contributed by atoms with E-state index in [9.17, 15) is 8.42 Å². The van der Waals surface area contributed by atoms with E-state index in [1.54, 1.807) is 6.92 Å². The molecule has 1 aliphatic rings. The number of nitrogens with zero attached hydrogens (tertiary/aromatic N) is 4. The number of nitrogens with one attached hydrogen (secondary N) is 1. The summed E-state index contributed by atoms with van der Waals surface area (Å²) in [5.74, 6) is 1.45. The Labute approximate surface area is 149 Å². The number of aromatic nitrogens is 3. The Kier molecular flexibility index (Phi) is 5.39. The topological polar surface area (TPSA) is 80.1 Å². The van der Waals surface area contributed by atoms with E-state index in [2.05, 4.69) is 32.0 Å². The van der Waals surface area contributed by atoms with Crippen molar-refractivity contribution in [2.24, 2.45) is 0 Å². The van der Waals surface area contributed by atoms with Crippen LogP contribution < -0.4 is 9.62 Å². The predicted molar refractivity (Wildman–Crippen MR) is 98.0 cm³/mol. The van der Waals surface area contributed by atoms with Gasteiger partial charge in [0.15, 0.2) is 5.82 Å². The summed E-state index contributed by atoms with van der Waals surface area (Å²) in [6, 6.07) is 9.65. The van der Waals surface area contributed by atoms with Crippen molar-refractivity contribution in [2.75, 3.05) is 24.2 Å². The highest BCUT2D eigenvalue weighted by atomic mass is 32.2. The minimum Gasteiger partial charge on any atom is -0.341 e. The summed E-state index contributed by atoms with van der Waals surface area (Å²) in [4.78, 5) is 2.25. The van der Waals surface area contributed by atoms with Crippen molar-refractivity contribution in [2.45, 2.75) is 38.8 Å². The van der Waals surface area contributed by atoms with E-state index in [1.165, 1.54) is 6.42 Å². The molecule has 3 rings (SSSR count). The van der Waals surface area contributed by atoms with Gasteiger partial charge in [-0.1, -0.05) is 30.3 Å². The van der Waals surface area contributed by atoms with Gasteiger partial charge in [-0.05, 0) is 31.7 Å². The number of sulfonamides is 1. The van der Waals surface area contributed by atoms with Gasteiger partial charge in [0.25, 0.3) is 0 Å². The fraction of sp³-hybridized carbons (Fsp3) is 0.529. The normalized spacial score (nSPS) is 16.8. The first-order valence-electron chi connectivity index (χ1n) is 8.63. The minimum absolute atomic E-state index is 0.440. The fourth-order valence-corrected chi connectivity index (χ4v) is 3.99. The van der Waals surface area contributed by atoms with E-state index >= 15 is 0 Å². The van der Waals surface area contributed by atoms with Gasteiger partial charge in [-0.3, -0.25) is 4.57 Å². The molecule has 0 spiro atoms. The predicted octanol–water partition coefficient (Wildman–Crippen LogP) is 1.93. The zero-order valence-electron chi connectivity index (χ0n) is 14.7. The van der Waals surface area contributed by atoms with Crippen molar-refractivity contribution in [1.29, 1.82) is 0 Å². The second-order valence-electron chi connectivity index (χ2n) is 6.59. The molecule has 8 heteroatoms. The Morgan fingerprint density at radius 1 is 1.12 bits per heavy atom. The molecular formula is C17H25N5O2S. The van der Waals surface area contributed by atoms with Crippen LogP contribution in [0.15, 0.2) is 30.3 Å². The summed E-state index contributed by atoms with van der Waals surface area (Å²) in [6.07, 6.45) is 4.69. The SMILES string of the molecule is CC(NS(C)(=O)=O)c1nnc(N2CCCCC2)n1Cc1ccccc1. The lowest BCUT2D eigenvalue weighted by Crippen LogP contribution is -2.33. The summed E-state index contributed by atoms with van der Waals surface area (Å²) in [5.41, 5.74) is 1.13. The molecule has 1 atom stereocenters. The number of piperidine rings is 1. The highest BCUT2D eigenvalue weighted by Crippen LogP contribution is 2.23. The quantitative estimate of drug-likeness (QED) is 0.848. The lowest BCUT2D eigenvalue weighted by molar-refractivity contribution is 0.541. The average molecular weight is 363 g/mol. The summed E-state index contributed by atoms with van der Waals surface area (Å²) in [5, 5.41) is 8.71. The Bertz CT molecular complexity index is 798. The maximum atomic E-state index is 11.6. The van der Waals surface area contributed by atoms with Crippen molar-refractivity contribution in [3.8, 4) is 0 Å². The van der Waals surface area contributed by atoms with Crippen molar-refractivity contribution < 1.29 is 8.42 Å². The van der Waals surface area contributed by atoms with Crippen LogP contribution >= 0.6 is 0 Å². The van der Waals surface area contributed by atoms with Crippen LogP contribution in [0.4, 0.5) is 5.95 Å².